The minimum Gasteiger partial charge on any atom is -0.460 e. The van der Waals surface area contributed by atoms with Crippen LogP contribution in [0.2, 0.25) is 0 Å². The van der Waals surface area contributed by atoms with Crippen molar-refractivity contribution in [3.05, 3.63) is 0 Å². The number of hydrogen-bond donors (Lipinski definition) is 0. The molecular formula is C10H16Cl2O2. The Morgan fingerprint density at radius 3 is 2.64 bits per heavy atom. The number of hydrogen-bond acceptors (Lipinski definition) is 2. The smallest absolute Gasteiger partial charge is 0.343 e. The van der Waals surface area contributed by atoms with Gasteiger partial charge in [0.15, 0.2) is 0 Å². The molecule has 1 aliphatic rings. The monoisotopic (exact) mass is 238 g/mol. The lowest BCUT2D eigenvalue weighted by Crippen LogP contribution is -2.18. The lowest BCUT2D eigenvalue weighted by Gasteiger charge is -2.07. The molecule has 0 aromatic rings. The average molecular weight is 239 g/mol. The standard InChI is InChI=1S/C10H16Cl2O2/c1-2-3-4-5-6-8-7-10(11,12)9(13)14-8/h8H,2-7H2,1H3. The Kier molecular flexibility index (Phi) is 4.52. The lowest BCUT2D eigenvalue weighted by molar-refractivity contribution is -0.142. The van der Waals surface area contributed by atoms with Crippen LogP contribution in [-0.2, 0) is 9.53 Å². The van der Waals surface area contributed by atoms with Crippen molar-refractivity contribution in [2.24, 2.45) is 0 Å². The Labute approximate surface area is 94.9 Å². The lowest BCUT2D eigenvalue weighted by atomic mass is 10.1. The Balaban J connectivity index is 2.19. The fourth-order valence-electron chi connectivity index (χ4n) is 1.61. The van der Waals surface area contributed by atoms with Gasteiger partial charge in [-0.05, 0) is 12.8 Å². The molecule has 0 spiro atoms. The van der Waals surface area contributed by atoms with Crippen LogP contribution in [-0.4, -0.2) is 16.4 Å². The molecule has 0 saturated carbocycles. The molecule has 0 aliphatic carbocycles. The fraction of sp³-hybridized carbons (Fsp3) is 0.900. The van der Waals surface area contributed by atoms with Gasteiger partial charge in [-0.25, -0.2) is 4.79 Å². The molecule has 0 N–H and O–H groups in total. The average Bonchev–Trinajstić information content (AvgIpc) is 2.35. The van der Waals surface area contributed by atoms with Crippen LogP contribution in [0, 0.1) is 0 Å². The third-order valence-electron chi connectivity index (χ3n) is 2.44. The molecule has 1 heterocycles. The van der Waals surface area contributed by atoms with Crippen LogP contribution in [0.3, 0.4) is 0 Å². The molecule has 0 radical (unpaired) electrons. The predicted octanol–water partition coefficient (Wildman–Crippen LogP) is 3.45. The summed E-state index contributed by atoms with van der Waals surface area (Å²) in [6.07, 6.45) is 5.94. The molecular weight excluding hydrogens is 223 g/mol. The minimum absolute atomic E-state index is 0.0747. The van der Waals surface area contributed by atoms with Gasteiger partial charge in [-0.15, -0.1) is 0 Å². The first kappa shape index (κ1) is 12.1. The number of rotatable bonds is 5. The van der Waals surface area contributed by atoms with Gasteiger partial charge in [0.1, 0.15) is 6.10 Å². The number of ether oxygens (including phenoxy) is 1. The molecule has 4 heteroatoms. The van der Waals surface area contributed by atoms with E-state index in [0.717, 1.165) is 12.8 Å². The van der Waals surface area contributed by atoms with E-state index in [-0.39, 0.29) is 6.10 Å². The van der Waals surface area contributed by atoms with Crippen molar-refractivity contribution < 1.29 is 9.53 Å². The van der Waals surface area contributed by atoms with Crippen LogP contribution in [0.1, 0.15) is 45.4 Å². The third kappa shape index (κ3) is 3.32. The molecule has 2 nitrogen and oxygen atoms in total. The quantitative estimate of drug-likeness (QED) is 0.417. The second-order valence-corrected chi connectivity index (χ2v) is 5.27. The van der Waals surface area contributed by atoms with E-state index in [2.05, 4.69) is 6.92 Å². The molecule has 82 valence electrons. The van der Waals surface area contributed by atoms with E-state index in [0.29, 0.717) is 6.42 Å². The number of unbranched alkanes of at least 4 members (excludes halogenated alkanes) is 3. The van der Waals surface area contributed by atoms with Crippen LogP contribution < -0.4 is 0 Å². The molecule has 0 amide bonds. The number of halogens is 2. The SMILES string of the molecule is CCCCCCC1CC(Cl)(Cl)C(=O)O1. The van der Waals surface area contributed by atoms with Gasteiger partial charge in [0.05, 0.1) is 0 Å². The third-order valence-corrected chi connectivity index (χ3v) is 3.05. The van der Waals surface area contributed by atoms with Gasteiger partial charge in [0.2, 0.25) is 4.33 Å². The van der Waals surface area contributed by atoms with Crippen LogP contribution in [0.5, 0.6) is 0 Å². The second-order valence-electron chi connectivity index (χ2n) is 3.79. The normalized spacial score (nSPS) is 25.1. The predicted molar refractivity (Wildman–Crippen MR) is 57.7 cm³/mol. The van der Waals surface area contributed by atoms with Crippen molar-refractivity contribution in [3.8, 4) is 0 Å². The van der Waals surface area contributed by atoms with Crippen LogP contribution >= 0.6 is 23.2 Å². The Morgan fingerprint density at radius 1 is 1.43 bits per heavy atom. The zero-order valence-electron chi connectivity index (χ0n) is 8.39. The van der Waals surface area contributed by atoms with Crippen molar-refractivity contribution in [2.45, 2.75) is 55.9 Å². The largest absolute Gasteiger partial charge is 0.460 e. The molecule has 1 aliphatic heterocycles. The summed E-state index contributed by atoms with van der Waals surface area (Å²) in [4.78, 5) is 11.1. The Morgan fingerprint density at radius 2 is 2.14 bits per heavy atom. The van der Waals surface area contributed by atoms with Crippen molar-refractivity contribution in [2.75, 3.05) is 0 Å². The van der Waals surface area contributed by atoms with E-state index >= 15 is 0 Å². The number of alkyl halides is 2. The zero-order chi connectivity index (χ0) is 10.6. The summed E-state index contributed by atoms with van der Waals surface area (Å²) >= 11 is 11.5. The Bertz CT molecular complexity index is 204. The van der Waals surface area contributed by atoms with Gasteiger partial charge >= 0.3 is 5.97 Å². The maximum absolute atomic E-state index is 11.1. The molecule has 0 bridgehead atoms. The van der Waals surface area contributed by atoms with Crippen LogP contribution in [0.25, 0.3) is 0 Å². The highest BCUT2D eigenvalue weighted by Gasteiger charge is 2.45. The second kappa shape index (κ2) is 5.22. The topological polar surface area (TPSA) is 26.3 Å². The van der Waals surface area contributed by atoms with Gasteiger partial charge in [-0.2, -0.15) is 0 Å². The maximum Gasteiger partial charge on any atom is 0.343 e. The van der Waals surface area contributed by atoms with Crippen LogP contribution in [0.15, 0.2) is 0 Å². The van der Waals surface area contributed by atoms with E-state index in [9.17, 15) is 4.79 Å². The van der Waals surface area contributed by atoms with E-state index < -0.39 is 10.3 Å². The van der Waals surface area contributed by atoms with Gasteiger partial charge in [0.25, 0.3) is 0 Å². The Hall–Kier alpha value is 0.0500. The van der Waals surface area contributed by atoms with Crippen molar-refractivity contribution in [1.82, 2.24) is 0 Å². The molecule has 1 rings (SSSR count). The minimum atomic E-state index is -1.30. The summed E-state index contributed by atoms with van der Waals surface area (Å²) in [5.74, 6) is -0.485. The summed E-state index contributed by atoms with van der Waals surface area (Å²) in [7, 11) is 0. The summed E-state index contributed by atoms with van der Waals surface area (Å²) < 4.78 is 3.76. The summed E-state index contributed by atoms with van der Waals surface area (Å²) in [5, 5.41) is 0. The van der Waals surface area contributed by atoms with Crippen molar-refractivity contribution >= 4 is 29.2 Å². The summed E-state index contributed by atoms with van der Waals surface area (Å²) in [6.45, 7) is 2.16. The first-order valence-electron chi connectivity index (χ1n) is 5.15. The van der Waals surface area contributed by atoms with E-state index in [1.807, 2.05) is 0 Å². The molecule has 1 unspecified atom stereocenters. The van der Waals surface area contributed by atoms with E-state index in [1.54, 1.807) is 0 Å². The van der Waals surface area contributed by atoms with E-state index in [1.165, 1.54) is 19.3 Å². The number of carbonyl (C=O) groups excluding carboxylic acids is 1. The maximum atomic E-state index is 11.1. The van der Waals surface area contributed by atoms with Crippen molar-refractivity contribution in [1.29, 1.82) is 0 Å². The summed E-state index contributed by atoms with van der Waals surface area (Å²) in [6, 6.07) is 0. The van der Waals surface area contributed by atoms with Gasteiger partial charge < -0.3 is 4.74 Å². The zero-order valence-corrected chi connectivity index (χ0v) is 9.90. The first-order chi connectivity index (χ1) is 6.56. The molecule has 0 aromatic carbocycles. The molecule has 1 saturated heterocycles. The molecule has 1 fully saturated rings. The van der Waals surface area contributed by atoms with Gasteiger partial charge in [-0.1, -0.05) is 49.4 Å². The highest BCUT2D eigenvalue weighted by molar-refractivity contribution is 6.57. The molecule has 0 aromatic heterocycles. The van der Waals surface area contributed by atoms with Crippen LogP contribution in [0.4, 0.5) is 0 Å². The summed E-state index contributed by atoms with van der Waals surface area (Å²) in [5.41, 5.74) is 0. The van der Waals surface area contributed by atoms with Gasteiger partial charge in [0, 0.05) is 6.42 Å². The number of carbonyl (C=O) groups is 1. The highest BCUT2D eigenvalue weighted by atomic mass is 35.5. The molecule has 1 atom stereocenters. The number of esters is 1. The van der Waals surface area contributed by atoms with Gasteiger partial charge in [-0.3, -0.25) is 0 Å². The fourth-order valence-corrected chi connectivity index (χ4v) is 2.04. The molecule has 14 heavy (non-hydrogen) atoms. The number of cyclic esters (lactones) is 1. The first-order valence-corrected chi connectivity index (χ1v) is 5.91. The van der Waals surface area contributed by atoms with Crippen molar-refractivity contribution in [3.63, 3.8) is 0 Å². The highest BCUT2D eigenvalue weighted by Crippen LogP contribution is 2.37. The van der Waals surface area contributed by atoms with E-state index in [4.69, 9.17) is 27.9 Å².